The maximum absolute atomic E-state index is 6.23. The van der Waals surface area contributed by atoms with E-state index in [1.54, 1.807) is 22.7 Å². The second-order valence-electron chi connectivity index (χ2n) is 3.73. The van der Waals surface area contributed by atoms with Crippen LogP contribution >= 0.6 is 34.3 Å². The third-order valence-corrected chi connectivity index (χ3v) is 5.65. The van der Waals surface area contributed by atoms with E-state index in [-0.39, 0.29) is 6.04 Å². The molecule has 0 saturated heterocycles. The molecule has 0 bridgehead atoms. The van der Waals surface area contributed by atoms with Gasteiger partial charge in [0.05, 0.1) is 11.1 Å². The number of halogens is 1. The molecule has 1 unspecified atom stereocenters. The predicted molar refractivity (Wildman–Crippen MR) is 73.8 cm³/mol. The molecule has 4 heteroatoms. The standard InChI is InChI=1S/C12H14ClNS2/c1-3-8-4-5-9(16-8)11(14)12-10(13)7(2)6-15-12/h4-6,11H,3,14H2,1-2H3. The third kappa shape index (κ3) is 2.18. The highest BCUT2D eigenvalue weighted by atomic mass is 35.5. The molecule has 0 radical (unpaired) electrons. The third-order valence-electron chi connectivity index (χ3n) is 2.55. The average molecular weight is 272 g/mol. The van der Waals surface area contributed by atoms with Crippen molar-refractivity contribution in [1.29, 1.82) is 0 Å². The Morgan fingerprint density at radius 2 is 2.19 bits per heavy atom. The molecule has 0 amide bonds. The van der Waals surface area contributed by atoms with Crippen molar-refractivity contribution < 1.29 is 0 Å². The predicted octanol–water partition coefficient (Wildman–Crippen LogP) is 4.38. The summed E-state index contributed by atoms with van der Waals surface area (Å²) in [5.41, 5.74) is 7.35. The minimum absolute atomic E-state index is 0.0727. The van der Waals surface area contributed by atoms with Crippen LogP contribution in [0.25, 0.3) is 0 Å². The minimum atomic E-state index is -0.0727. The van der Waals surface area contributed by atoms with Crippen LogP contribution < -0.4 is 5.73 Å². The van der Waals surface area contributed by atoms with Crippen LogP contribution in [0.4, 0.5) is 0 Å². The number of thiophene rings is 2. The smallest absolute Gasteiger partial charge is 0.0755 e. The van der Waals surface area contributed by atoms with Gasteiger partial charge in [0.1, 0.15) is 0 Å². The molecule has 0 spiro atoms. The zero-order valence-electron chi connectivity index (χ0n) is 9.29. The van der Waals surface area contributed by atoms with E-state index in [0.717, 1.165) is 21.9 Å². The van der Waals surface area contributed by atoms with Gasteiger partial charge in [0.25, 0.3) is 0 Å². The summed E-state index contributed by atoms with van der Waals surface area (Å²) < 4.78 is 0. The molecule has 2 rings (SSSR count). The fraction of sp³-hybridized carbons (Fsp3) is 0.333. The van der Waals surface area contributed by atoms with Crippen LogP contribution in [0.2, 0.25) is 5.02 Å². The van der Waals surface area contributed by atoms with Gasteiger partial charge in [-0.2, -0.15) is 0 Å². The summed E-state index contributed by atoms with van der Waals surface area (Å²) >= 11 is 9.65. The fourth-order valence-electron chi connectivity index (χ4n) is 1.54. The fourth-order valence-corrected chi connectivity index (χ4v) is 3.91. The van der Waals surface area contributed by atoms with Gasteiger partial charge in [-0.1, -0.05) is 18.5 Å². The summed E-state index contributed by atoms with van der Waals surface area (Å²) in [6, 6.07) is 4.19. The molecule has 0 aliphatic carbocycles. The Kier molecular flexibility index (Phi) is 3.70. The van der Waals surface area contributed by atoms with E-state index in [1.807, 2.05) is 6.92 Å². The van der Waals surface area contributed by atoms with E-state index in [4.69, 9.17) is 17.3 Å². The lowest BCUT2D eigenvalue weighted by molar-refractivity contribution is 0.916. The van der Waals surface area contributed by atoms with Gasteiger partial charge in [0, 0.05) is 14.6 Å². The molecular weight excluding hydrogens is 258 g/mol. The zero-order chi connectivity index (χ0) is 11.7. The molecule has 2 N–H and O–H groups in total. The molecule has 0 fully saturated rings. The molecule has 0 aliphatic heterocycles. The Balaban J connectivity index is 2.31. The van der Waals surface area contributed by atoms with Crippen LogP contribution in [0.15, 0.2) is 17.5 Å². The topological polar surface area (TPSA) is 26.0 Å². The van der Waals surface area contributed by atoms with Crippen molar-refractivity contribution in [2.75, 3.05) is 0 Å². The maximum atomic E-state index is 6.23. The van der Waals surface area contributed by atoms with Crippen LogP contribution in [0.5, 0.6) is 0 Å². The molecule has 0 aromatic carbocycles. The van der Waals surface area contributed by atoms with Gasteiger partial charge in [-0.05, 0) is 36.4 Å². The van der Waals surface area contributed by atoms with E-state index in [1.165, 1.54) is 9.75 Å². The van der Waals surface area contributed by atoms with Crippen molar-refractivity contribution >= 4 is 34.3 Å². The lowest BCUT2D eigenvalue weighted by Crippen LogP contribution is -2.08. The first-order valence-corrected chi connectivity index (χ1v) is 7.28. The summed E-state index contributed by atoms with van der Waals surface area (Å²) in [5.74, 6) is 0. The molecule has 2 aromatic rings. The molecule has 1 nitrogen and oxygen atoms in total. The first kappa shape index (κ1) is 12.1. The zero-order valence-corrected chi connectivity index (χ0v) is 11.7. The Morgan fingerprint density at radius 1 is 1.44 bits per heavy atom. The van der Waals surface area contributed by atoms with Gasteiger partial charge in [0.15, 0.2) is 0 Å². The van der Waals surface area contributed by atoms with E-state index in [2.05, 4.69) is 24.4 Å². The van der Waals surface area contributed by atoms with Crippen LogP contribution in [0, 0.1) is 6.92 Å². The SMILES string of the molecule is CCc1ccc(C(N)c2scc(C)c2Cl)s1. The number of rotatable bonds is 3. The van der Waals surface area contributed by atoms with Crippen LogP contribution in [-0.4, -0.2) is 0 Å². The van der Waals surface area contributed by atoms with Crippen molar-refractivity contribution in [1.82, 2.24) is 0 Å². The Morgan fingerprint density at radius 3 is 2.69 bits per heavy atom. The highest BCUT2D eigenvalue weighted by Gasteiger charge is 2.17. The number of aryl methyl sites for hydroxylation is 2. The Hall–Kier alpha value is -0.350. The molecule has 1 atom stereocenters. The van der Waals surface area contributed by atoms with Crippen LogP contribution in [-0.2, 0) is 6.42 Å². The van der Waals surface area contributed by atoms with Crippen molar-refractivity contribution in [2.24, 2.45) is 5.73 Å². The largest absolute Gasteiger partial charge is 0.319 e. The number of nitrogens with two attached hydrogens (primary N) is 1. The van der Waals surface area contributed by atoms with Gasteiger partial charge in [0.2, 0.25) is 0 Å². The molecule has 2 aromatic heterocycles. The molecule has 0 aliphatic rings. The van der Waals surface area contributed by atoms with Gasteiger partial charge in [-0.25, -0.2) is 0 Å². The summed E-state index contributed by atoms with van der Waals surface area (Å²) in [7, 11) is 0. The Labute approximate surface area is 109 Å². The molecule has 0 saturated carbocycles. The lowest BCUT2D eigenvalue weighted by Gasteiger charge is -2.07. The lowest BCUT2D eigenvalue weighted by atomic mass is 10.2. The van der Waals surface area contributed by atoms with Gasteiger partial charge < -0.3 is 5.73 Å². The quantitative estimate of drug-likeness (QED) is 0.881. The average Bonchev–Trinajstić information content (AvgIpc) is 2.87. The van der Waals surface area contributed by atoms with E-state index < -0.39 is 0 Å². The number of hydrogen-bond donors (Lipinski definition) is 1. The van der Waals surface area contributed by atoms with Crippen molar-refractivity contribution in [2.45, 2.75) is 26.3 Å². The highest BCUT2D eigenvalue weighted by Crippen LogP contribution is 2.36. The monoisotopic (exact) mass is 271 g/mol. The van der Waals surface area contributed by atoms with E-state index in [9.17, 15) is 0 Å². The van der Waals surface area contributed by atoms with Crippen molar-refractivity contribution in [3.63, 3.8) is 0 Å². The van der Waals surface area contributed by atoms with Crippen molar-refractivity contribution in [3.8, 4) is 0 Å². The summed E-state index contributed by atoms with van der Waals surface area (Å²) in [6.07, 6.45) is 1.06. The maximum Gasteiger partial charge on any atom is 0.0755 e. The van der Waals surface area contributed by atoms with E-state index in [0.29, 0.717) is 0 Å². The Bertz CT molecular complexity index is 487. The minimum Gasteiger partial charge on any atom is -0.319 e. The van der Waals surface area contributed by atoms with Crippen molar-refractivity contribution in [3.05, 3.63) is 42.7 Å². The second-order valence-corrected chi connectivity index (χ2v) is 6.22. The molecule has 2 heterocycles. The summed E-state index contributed by atoms with van der Waals surface area (Å²) in [4.78, 5) is 3.64. The van der Waals surface area contributed by atoms with Crippen LogP contribution in [0.3, 0.4) is 0 Å². The molecule has 86 valence electrons. The first-order valence-electron chi connectivity index (χ1n) is 5.21. The first-order chi connectivity index (χ1) is 7.63. The van der Waals surface area contributed by atoms with Gasteiger partial charge in [-0.15, -0.1) is 22.7 Å². The normalized spacial score (nSPS) is 13.0. The van der Waals surface area contributed by atoms with Crippen LogP contribution in [0.1, 0.15) is 33.2 Å². The molecule has 16 heavy (non-hydrogen) atoms. The molecular formula is C12H14ClNS2. The van der Waals surface area contributed by atoms with Gasteiger partial charge in [-0.3, -0.25) is 0 Å². The van der Waals surface area contributed by atoms with E-state index >= 15 is 0 Å². The second kappa shape index (κ2) is 4.88. The van der Waals surface area contributed by atoms with Gasteiger partial charge >= 0.3 is 0 Å². The summed E-state index contributed by atoms with van der Waals surface area (Å²) in [6.45, 7) is 4.17. The highest BCUT2D eigenvalue weighted by molar-refractivity contribution is 7.13. The number of hydrogen-bond acceptors (Lipinski definition) is 3. The summed E-state index contributed by atoms with van der Waals surface area (Å²) in [5, 5.41) is 2.88.